The predicted molar refractivity (Wildman–Crippen MR) is 69.9 cm³/mol. The Bertz CT molecular complexity index is 398. The highest BCUT2D eigenvalue weighted by atomic mass is 79.9. The van der Waals surface area contributed by atoms with Crippen molar-refractivity contribution >= 4 is 21.9 Å². The molecule has 1 N–H and O–H groups in total. The summed E-state index contributed by atoms with van der Waals surface area (Å²) in [7, 11) is 0. The van der Waals surface area contributed by atoms with E-state index in [0.29, 0.717) is 19.1 Å². The molecule has 0 amide bonds. The van der Waals surface area contributed by atoms with Crippen molar-refractivity contribution in [2.24, 2.45) is 5.92 Å². The maximum Gasteiger partial charge on any atom is 0.309 e. The van der Waals surface area contributed by atoms with Gasteiger partial charge in [0.15, 0.2) is 0 Å². The molecule has 1 saturated heterocycles. The molecule has 0 bridgehead atoms. The lowest BCUT2D eigenvalue weighted by molar-refractivity contribution is -0.148. The summed E-state index contributed by atoms with van der Waals surface area (Å²) in [4.78, 5) is 13.0. The molecule has 4 heteroatoms. The summed E-state index contributed by atoms with van der Waals surface area (Å²) in [5.74, 6) is -0.855. The van der Waals surface area contributed by atoms with Gasteiger partial charge >= 0.3 is 5.97 Å². The van der Waals surface area contributed by atoms with Crippen molar-refractivity contribution < 1.29 is 9.90 Å². The van der Waals surface area contributed by atoms with Crippen LogP contribution in [0.5, 0.6) is 0 Å². The highest BCUT2D eigenvalue weighted by Gasteiger charge is 2.36. The average Bonchev–Trinajstić information content (AvgIpc) is 2.23. The van der Waals surface area contributed by atoms with Gasteiger partial charge in [-0.2, -0.15) is 0 Å². The summed E-state index contributed by atoms with van der Waals surface area (Å²) in [6.07, 6.45) is 1.01. The maximum atomic E-state index is 10.8. The van der Waals surface area contributed by atoms with E-state index in [1.165, 1.54) is 5.56 Å². The van der Waals surface area contributed by atoms with Gasteiger partial charge < -0.3 is 5.11 Å². The van der Waals surface area contributed by atoms with Gasteiger partial charge in [-0.05, 0) is 24.1 Å². The molecule has 0 saturated carbocycles. The zero-order valence-corrected chi connectivity index (χ0v) is 11.4. The standard InChI is InChI=1S/C13H16BrNO2/c1-2-12(9-3-5-11(14)6-4-9)15-7-10(8-15)13(16)17/h3-6,10,12H,2,7-8H2,1H3,(H,16,17). The van der Waals surface area contributed by atoms with Gasteiger partial charge in [-0.1, -0.05) is 35.0 Å². The quantitative estimate of drug-likeness (QED) is 0.929. The molecule has 1 aliphatic rings. The van der Waals surface area contributed by atoms with Gasteiger partial charge in [-0.3, -0.25) is 9.69 Å². The maximum absolute atomic E-state index is 10.8. The van der Waals surface area contributed by atoms with Crippen LogP contribution in [0.1, 0.15) is 24.9 Å². The number of halogens is 1. The molecule has 1 aliphatic heterocycles. The third-order valence-corrected chi connectivity index (χ3v) is 3.87. The zero-order valence-electron chi connectivity index (χ0n) is 9.77. The highest BCUT2D eigenvalue weighted by molar-refractivity contribution is 9.10. The Labute approximate surface area is 110 Å². The second-order valence-electron chi connectivity index (χ2n) is 4.46. The van der Waals surface area contributed by atoms with Gasteiger partial charge in [0.05, 0.1) is 5.92 Å². The number of rotatable bonds is 4. The molecule has 0 aromatic heterocycles. The van der Waals surface area contributed by atoms with Crippen LogP contribution >= 0.6 is 15.9 Å². The van der Waals surface area contributed by atoms with Gasteiger partial charge in [0.1, 0.15) is 0 Å². The van der Waals surface area contributed by atoms with Crippen molar-refractivity contribution in [3.8, 4) is 0 Å². The summed E-state index contributed by atoms with van der Waals surface area (Å²) in [6, 6.07) is 8.62. The van der Waals surface area contributed by atoms with E-state index < -0.39 is 5.97 Å². The second-order valence-corrected chi connectivity index (χ2v) is 5.38. The van der Waals surface area contributed by atoms with Crippen LogP contribution in [0.25, 0.3) is 0 Å². The molecule has 17 heavy (non-hydrogen) atoms. The number of likely N-dealkylation sites (tertiary alicyclic amines) is 1. The van der Waals surface area contributed by atoms with Crippen molar-refractivity contribution in [2.45, 2.75) is 19.4 Å². The molecule has 1 unspecified atom stereocenters. The fourth-order valence-electron chi connectivity index (χ4n) is 2.31. The van der Waals surface area contributed by atoms with Crippen LogP contribution < -0.4 is 0 Å². The SMILES string of the molecule is CCC(c1ccc(Br)cc1)N1CC(C(=O)O)C1. The molecule has 1 heterocycles. The normalized spacial score (nSPS) is 18.7. The smallest absolute Gasteiger partial charge is 0.309 e. The summed E-state index contributed by atoms with van der Waals surface area (Å²) < 4.78 is 1.07. The Kier molecular flexibility index (Phi) is 3.84. The molecule has 1 aromatic rings. The number of carbonyl (C=O) groups is 1. The number of nitrogens with zero attached hydrogens (tertiary/aromatic N) is 1. The number of benzene rings is 1. The van der Waals surface area contributed by atoms with Crippen molar-refractivity contribution in [1.29, 1.82) is 0 Å². The number of carboxylic acids is 1. The van der Waals surface area contributed by atoms with E-state index in [4.69, 9.17) is 5.11 Å². The van der Waals surface area contributed by atoms with E-state index in [0.717, 1.165) is 10.9 Å². The molecule has 1 aromatic carbocycles. The monoisotopic (exact) mass is 297 g/mol. The lowest BCUT2D eigenvalue weighted by Gasteiger charge is -2.42. The Morgan fingerprint density at radius 3 is 2.53 bits per heavy atom. The molecular formula is C13H16BrNO2. The molecule has 0 aliphatic carbocycles. The van der Waals surface area contributed by atoms with Crippen LogP contribution in [0.2, 0.25) is 0 Å². The summed E-state index contributed by atoms with van der Waals surface area (Å²) in [6.45, 7) is 3.48. The van der Waals surface area contributed by atoms with E-state index in [2.05, 4.69) is 39.9 Å². The Morgan fingerprint density at radius 1 is 1.47 bits per heavy atom. The molecule has 2 rings (SSSR count). The fourth-order valence-corrected chi connectivity index (χ4v) is 2.58. The summed E-state index contributed by atoms with van der Waals surface area (Å²) in [5, 5.41) is 8.88. The van der Waals surface area contributed by atoms with Crippen LogP contribution in [0.4, 0.5) is 0 Å². The van der Waals surface area contributed by atoms with E-state index in [9.17, 15) is 4.79 Å². The largest absolute Gasteiger partial charge is 0.481 e. The van der Waals surface area contributed by atoms with Gasteiger partial charge in [-0.15, -0.1) is 0 Å². The second kappa shape index (κ2) is 5.19. The first-order valence-corrected chi connectivity index (χ1v) is 6.63. The molecule has 3 nitrogen and oxygen atoms in total. The fraction of sp³-hybridized carbons (Fsp3) is 0.462. The number of hydrogen-bond donors (Lipinski definition) is 1. The molecule has 0 radical (unpaired) electrons. The average molecular weight is 298 g/mol. The van der Waals surface area contributed by atoms with E-state index in [1.54, 1.807) is 0 Å². The minimum Gasteiger partial charge on any atom is -0.481 e. The van der Waals surface area contributed by atoms with E-state index >= 15 is 0 Å². The first-order valence-electron chi connectivity index (χ1n) is 5.84. The minimum atomic E-state index is -0.674. The predicted octanol–water partition coefficient (Wildman–Crippen LogP) is 2.92. The molecular weight excluding hydrogens is 282 g/mol. The van der Waals surface area contributed by atoms with Crippen LogP contribution in [0, 0.1) is 5.92 Å². The summed E-state index contributed by atoms with van der Waals surface area (Å²) >= 11 is 3.42. The van der Waals surface area contributed by atoms with Crippen molar-refractivity contribution in [3.05, 3.63) is 34.3 Å². The van der Waals surface area contributed by atoms with Gasteiger partial charge in [-0.25, -0.2) is 0 Å². The minimum absolute atomic E-state index is 0.181. The Morgan fingerprint density at radius 2 is 2.06 bits per heavy atom. The summed E-state index contributed by atoms with van der Waals surface area (Å²) in [5.41, 5.74) is 1.26. The highest BCUT2D eigenvalue weighted by Crippen LogP contribution is 2.31. The van der Waals surface area contributed by atoms with Crippen LogP contribution in [0.3, 0.4) is 0 Å². The van der Waals surface area contributed by atoms with Crippen LogP contribution in [-0.4, -0.2) is 29.1 Å². The van der Waals surface area contributed by atoms with E-state index in [-0.39, 0.29) is 5.92 Å². The molecule has 1 atom stereocenters. The number of aliphatic carboxylic acids is 1. The lowest BCUT2D eigenvalue weighted by Crippen LogP contribution is -2.51. The van der Waals surface area contributed by atoms with Crippen LogP contribution in [0.15, 0.2) is 28.7 Å². The zero-order chi connectivity index (χ0) is 12.4. The van der Waals surface area contributed by atoms with Gasteiger partial charge in [0, 0.05) is 23.6 Å². The molecule has 0 spiro atoms. The third kappa shape index (κ3) is 2.69. The topological polar surface area (TPSA) is 40.5 Å². The lowest BCUT2D eigenvalue weighted by atomic mass is 9.93. The van der Waals surface area contributed by atoms with Crippen LogP contribution in [-0.2, 0) is 4.79 Å². The molecule has 1 fully saturated rings. The van der Waals surface area contributed by atoms with Crippen molar-refractivity contribution in [1.82, 2.24) is 4.90 Å². The van der Waals surface area contributed by atoms with E-state index in [1.807, 2.05) is 12.1 Å². The van der Waals surface area contributed by atoms with Crippen molar-refractivity contribution in [2.75, 3.05) is 13.1 Å². The number of carboxylic acid groups (broad SMARTS) is 1. The van der Waals surface area contributed by atoms with Crippen molar-refractivity contribution in [3.63, 3.8) is 0 Å². The third-order valence-electron chi connectivity index (χ3n) is 3.34. The van der Waals surface area contributed by atoms with Gasteiger partial charge in [0.2, 0.25) is 0 Å². The first-order chi connectivity index (χ1) is 8.11. The molecule has 92 valence electrons. The Hall–Kier alpha value is -0.870. The van der Waals surface area contributed by atoms with Gasteiger partial charge in [0.25, 0.3) is 0 Å². The Balaban J connectivity index is 2.03. The number of hydrogen-bond acceptors (Lipinski definition) is 2. The first kappa shape index (κ1) is 12.6.